The van der Waals surface area contributed by atoms with E-state index in [-0.39, 0.29) is 40.1 Å². The number of rotatable bonds is 10. The zero-order valence-electron chi connectivity index (χ0n) is 31.9. The first-order valence-corrected chi connectivity index (χ1v) is 19.9. The maximum atomic E-state index is 13.9. The number of ketones is 1. The molecule has 1 aromatic rings. The van der Waals surface area contributed by atoms with E-state index in [0.717, 1.165) is 67.8 Å². The number of carbonyl (C=O) groups excluding carboxylic acids is 2. The molecule has 0 spiro atoms. The van der Waals surface area contributed by atoms with E-state index in [0.29, 0.717) is 35.9 Å². The molecule has 4 saturated carbocycles. The fourth-order valence-electron chi connectivity index (χ4n) is 12.8. The van der Waals surface area contributed by atoms with Gasteiger partial charge in [0.2, 0.25) is 0 Å². The van der Waals surface area contributed by atoms with E-state index >= 15 is 0 Å². The summed E-state index contributed by atoms with van der Waals surface area (Å²) in [5.41, 5.74) is 2.78. The maximum Gasteiger partial charge on any atom is 0.309 e. The van der Waals surface area contributed by atoms with Gasteiger partial charge < -0.3 is 15.2 Å². The minimum atomic E-state index is -1.14. The van der Waals surface area contributed by atoms with Crippen molar-refractivity contribution in [3.05, 3.63) is 46.0 Å². The van der Waals surface area contributed by atoms with Crippen LogP contribution in [0.1, 0.15) is 132 Å². The zero-order chi connectivity index (χ0) is 36.4. The summed E-state index contributed by atoms with van der Waals surface area (Å²) in [4.78, 5) is 38.6. The Labute approximate surface area is 305 Å². The van der Waals surface area contributed by atoms with E-state index in [1.807, 2.05) is 18.2 Å². The highest BCUT2D eigenvalue weighted by Gasteiger charge is 2.66. The topological polar surface area (TPSA) is 92.7 Å². The summed E-state index contributed by atoms with van der Waals surface area (Å²) in [5, 5.41) is 14.1. The number of halogens is 1. The molecule has 0 aromatic heterocycles. The van der Waals surface area contributed by atoms with Gasteiger partial charge in [-0.15, -0.1) is 0 Å². The quantitative estimate of drug-likeness (QED) is 0.186. The van der Waals surface area contributed by atoms with Crippen molar-refractivity contribution in [2.24, 2.45) is 56.7 Å². The number of allylic oxidation sites excluding steroid dienone is 2. The van der Waals surface area contributed by atoms with E-state index in [1.165, 1.54) is 19.3 Å². The molecule has 8 atom stereocenters. The summed E-state index contributed by atoms with van der Waals surface area (Å²) in [6.07, 6.45) is 10.1. The highest BCUT2D eigenvalue weighted by Crippen LogP contribution is 2.73. The molecule has 2 N–H and O–H groups in total. The van der Waals surface area contributed by atoms with Gasteiger partial charge in [-0.05, 0) is 136 Å². The monoisotopic (exact) mass is 707 g/mol. The molecule has 50 heavy (non-hydrogen) atoms. The van der Waals surface area contributed by atoms with E-state index in [2.05, 4.69) is 52.9 Å². The van der Waals surface area contributed by atoms with Crippen molar-refractivity contribution < 1.29 is 24.2 Å². The lowest BCUT2D eigenvalue weighted by Gasteiger charge is -2.69. The Morgan fingerprint density at radius 2 is 1.68 bits per heavy atom. The molecule has 4 fully saturated rings. The molecule has 5 aliphatic rings. The normalized spacial score (nSPS) is 36.4. The summed E-state index contributed by atoms with van der Waals surface area (Å²) in [6.45, 7) is 19.0. The first kappa shape index (κ1) is 37.6. The van der Waals surface area contributed by atoms with E-state index in [9.17, 15) is 19.5 Å². The van der Waals surface area contributed by atoms with Gasteiger partial charge in [0.1, 0.15) is 6.10 Å². The molecule has 0 aliphatic heterocycles. The fraction of sp³-hybridized carbons (Fsp3) is 0.744. The Hall–Kier alpha value is -2.18. The van der Waals surface area contributed by atoms with Crippen LogP contribution in [0.4, 0.5) is 0 Å². The molecule has 0 bridgehead atoms. The number of carbonyl (C=O) groups is 3. The van der Waals surface area contributed by atoms with Crippen LogP contribution in [-0.4, -0.2) is 35.5 Å². The third-order valence-electron chi connectivity index (χ3n) is 15.2. The summed E-state index contributed by atoms with van der Waals surface area (Å²) >= 11 is 6.45. The van der Waals surface area contributed by atoms with Crippen molar-refractivity contribution in [2.45, 2.75) is 139 Å². The molecule has 5 aliphatic carbocycles. The first-order valence-electron chi connectivity index (χ1n) is 19.5. The molecule has 6 rings (SSSR count). The lowest BCUT2D eigenvalue weighted by molar-refractivity contribution is -0.213. The van der Waals surface area contributed by atoms with Crippen LogP contribution in [0.3, 0.4) is 0 Å². The van der Waals surface area contributed by atoms with Gasteiger partial charge in [0.05, 0.1) is 11.8 Å². The second kappa shape index (κ2) is 13.3. The molecule has 8 unspecified atom stereocenters. The highest BCUT2D eigenvalue weighted by atomic mass is 35.5. The number of hydrogen-bond acceptors (Lipinski definition) is 5. The third-order valence-corrected chi connectivity index (χ3v) is 15.5. The van der Waals surface area contributed by atoms with Crippen molar-refractivity contribution in [2.75, 3.05) is 6.54 Å². The van der Waals surface area contributed by atoms with Crippen molar-refractivity contribution in [3.63, 3.8) is 0 Å². The fourth-order valence-corrected chi connectivity index (χ4v) is 13.0. The van der Waals surface area contributed by atoms with Gasteiger partial charge in [0, 0.05) is 28.8 Å². The van der Waals surface area contributed by atoms with Gasteiger partial charge in [-0.2, -0.15) is 0 Å². The van der Waals surface area contributed by atoms with Crippen LogP contribution >= 0.6 is 11.6 Å². The average Bonchev–Trinajstić information content (AvgIpc) is 3.33. The molecule has 276 valence electrons. The van der Waals surface area contributed by atoms with Crippen molar-refractivity contribution >= 4 is 29.3 Å². The minimum Gasteiger partial charge on any atom is -0.481 e. The van der Waals surface area contributed by atoms with Crippen LogP contribution in [0, 0.1) is 56.7 Å². The largest absolute Gasteiger partial charge is 0.481 e. The van der Waals surface area contributed by atoms with Gasteiger partial charge in [0.25, 0.3) is 0 Å². The first-order chi connectivity index (χ1) is 23.4. The maximum absolute atomic E-state index is 13.9. The predicted molar refractivity (Wildman–Crippen MR) is 199 cm³/mol. The Bertz CT molecular complexity index is 1540. The summed E-state index contributed by atoms with van der Waals surface area (Å²) < 4.78 is 6.16. The lowest BCUT2D eigenvalue weighted by atomic mass is 9.36. The highest BCUT2D eigenvalue weighted by molar-refractivity contribution is 6.31. The average molecular weight is 708 g/mol. The van der Waals surface area contributed by atoms with Gasteiger partial charge >= 0.3 is 11.9 Å². The van der Waals surface area contributed by atoms with Crippen molar-refractivity contribution in [3.8, 4) is 0 Å². The molecule has 0 amide bonds. The van der Waals surface area contributed by atoms with Crippen LogP contribution in [0.25, 0.3) is 0 Å². The standard InChI is InChI=1S/C43H62ClNO5/c1-26(2)36-31(46)23-43(21-22-45-25-27-11-9-10-12-30(27)44)20-15-29-28(37(36)43)13-14-33-41(29,7)18-16-32-40(5,6)34(17-19-42(32,33)8)50-35(47)24-39(3,4)38(48)49/h9-12,26,28-29,32-34,45H,13-25H2,1-8H3,(H,48,49). The molecular formula is C43H62ClNO5. The number of benzene rings is 1. The summed E-state index contributed by atoms with van der Waals surface area (Å²) in [7, 11) is 0. The molecule has 0 saturated heterocycles. The number of nitrogens with one attached hydrogen (secondary N) is 1. The van der Waals surface area contributed by atoms with Crippen LogP contribution in [0.2, 0.25) is 5.02 Å². The second-order valence-corrected chi connectivity index (χ2v) is 19.5. The van der Waals surface area contributed by atoms with Crippen LogP contribution < -0.4 is 5.32 Å². The van der Waals surface area contributed by atoms with E-state index < -0.39 is 17.4 Å². The Morgan fingerprint density at radius 3 is 2.36 bits per heavy atom. The predicted octanol–water partition coefficient (Wildman–Crippen LogP) is 9.82. The van der Waals surface area contributed by atoms with Gasteiger partial charge in [-0.25, -0.2) is 0 Å². The van der Waals surface area contributed by atoms with Gasteiger partial charge in [0.15, 0.2) is 5.78 Å². The number of aliphatic carboxylic acids is 1. The molecule has 7 heteroatoms. The molecule has 0 radical (unpaired) electrons. The minimum absolute atomic E-state index is 0.0330. The van der Waals surface area contributed by atoms with Crippen molar-refractivity contribution in [1.29, 1.82) is 0 Å². The number of fused-ring (bicyclic) bond motifs is 7. The number of hydrogen-bond donors (Lipinski definition) is 2. The Morgan fingerprint density at radius 1 is 0.980 bits per heavy atom. The number of carboxylic acids is 1. The van der Waals surface area contributed by atoms with Crippen molar-refractivity contribution in [1.82, 2.24) is 5.32 Å². The molecule has 6 nitrogen and oxygen atoms in total. The van der Waals surface area contributed by atoms with Crippen LogP contribution in [0.5, 0.6) is 0 Å². The van der Waals surface area contributed by atoms with Crippen LogP contribution in [-0.2, 0) is 25.7 Å². The molecular weight excluding hydrogens is 646 g/mol. The molecule has 0 heterocycles. The van der Waals surface area contributed by atoms with Gasteiger partial charge in [-0.1, -0.05) is 76.9 Å². The summed E-state index contributed by atoms with van der Waals surface area (Å²) in [6, 6.07) is 8.03. The van der Waals surface area contributed by atoms with Crippen LogP contribution in [0.15, 0.2) is 35.4 Å². The Kier molecular flexibility index (Phi) is 10.0. The lowest BCUT2D eigenvalue weighted by Crippen LogP contribution is -2.63. The number of carboxylic acid groups (broad SMARTS) is 1. The third kappa shape index (κ3) is 6.20. The summed E-state index contributed by atoms with van der Waals surface area (Å²) in [5.74, 6) is 1.32. The number of Topliss-reactive ketones (excluding diaryl/α,β-unsaturated/α-hetero) is 1. The Balaban J connectivity index is 1.21. The molecule has 1 aromatic carbocycles. The second-order valence-electron chi connectivity index (χ2n) is 19.1. The van der Waals surface area contributed by atoms with E-state index in [4.69, 9.17) is 16.3 Å². The SMILES string of the molecule is CC(C)C1=C2C3CCC4C(C)(CCC5C(C)(C)C(OC(=O)CC(C)(C)C(=O)O)CCC54C)C3CCC2(CCNCc2ccccc2Cl)CC1=O. The number of ether oxygens (including phenoxy) is 1. The van der Waals surface area contributed by atoms with Gasteiger partial charge in [-0.3, -0.25) is 14.4 Å². The smallest absolute Gasteiger partial charge is 0.309 e. The van der Waals surface area contributed by atoms with E-state index in [1.54, 1.807) is 19.4 Å². The zero-order valence-corrected chi connectivity index (χ0v) is 32.7. The number of esters is 1.